The van der Waals surface area contributed by atoms with Crippen molar-refractivity contribution < 1.29 is 26.7 Å². The van der Waals surface area contributed by atoms with Crippen LogP contribution in [0.25, 0.3) is 11.3 Å². The third-order valence-corrected chi connectivity index (χ3v) is 5.09. The molecule has 0 amide bonds. The molecule has 0 radical (unpaired) electrons. The van der Waals surface area contributed by atoms with Crippen LogP contribution >= 0.6 is 0 Å². The highest BCUT2D eigenvalue weighted by atomic mass is 32.2. The van der Waals surface area contributed by atoms with Crippen molar-refractivity contribution in [3.05, 3.63) is 54.2 Å². The Morgan fingerprint density at radius 2 is 1.97 bits per heavy atom. The fourth-order valence-electron chi connectivity index (χ4n) is 3.09. The molecule has 0 saturated heterocycles. The average Bonchev–Trinajstić information content (AvgIpc) is 3.19. The first-order valence-electron chi connectivity index (χ1n) is 8.62. The summed E-state index contributed by atoms with van der Waals surface area (Å²) in [5, 5.41) is 3.03. The van der Waals surface area contributed by atoms with Crippen LogP contribution in [0, 0.1) is 0 Å². The quantitative estimate of drug-likeness (QED) is 0.633. The van der Waals surface area contributed by atoms with Gasteiger partial charge in [0.25, 0.3) is 6.01 Å². The van der Waals surface area contributed by atoms with Crippen molar-refractivity contribution in [1.82, 2.24) is 9.55 Å². The molecule has 2 heterocycles. The predicted octanol–water partition coefficient (Wildman–Crippen LogP) is 4.33. The summed E-state index contributed by atoms with van der Waals surface area (Å²) in [5.41, 5.74) is 1.16. The van der Waals surface area contributed by atoms with E-state index in [1.165, 1.54) is 24.3 Å². The van der Waals surface area contributed by atoms with E-state index in [2.05, 4.69) is 10.3 Å². The van der Waals surface area contributed by atoms with E-state index < -0.39 is 22.8 Å². The van der Waals surface area contributed by atoms with E-state index in [1.807, 2.05) is 11.5 Å². The highest BCUT2D eigenvalue weighted by molar-refractivity contribution is 7.79. The maximum Gasteiger partial charge on any atom is 0.416 e. The molecule has 1 N–H and O–H groups in total. The molecule has 6 nitrogen and oxygen atoms in total. The Labute approximate surface area is 166 Å². The molecule has 2 aromatic carbocycles. The monoisotopic (exact) mass is 422 g/mol. The minimum atomic E-state index is -4.42. The lowest BCUT2D eigenvalue weighted by molar-refractivity contribution is -0.137. The number of benzene rings is 2. The molecule has 2 atom stereocenters. The molecular formula is C19H15F3N3O3S-. The maximum absolute atomic E-state index is 12.8. The Balaban J connectivity index is 1.70. The predicted molar refractivity (Wildman–Crippen MR) is 99.7 cm³/mol. The third kappa shape index (κ3) is 3.99. The second kappa shape index (κ2) is 7.20. The van der Waals surface area contributed by atoms with E-state index in [0.717, 1.165) is 12.1 Å². The molecule has 0 spiro atoms. The fourth-order valence-corrected chi connectivity index (χ4v) is 3.49. The van der Waals surface area contributed by atoms with Gasteiger partial charge in [-0.2, -0.15) is 18.2 Å². The number of nitrogens with zero attached hydrogens (tertiary/aromatic N) is 2. The van der Waals surface area contributed by atoms with E-state index in [4.69, 9.17) is 4.74 Å². The highest BCUT2D eigenvalue weighted by Gasteiger charge is 2.30. The minimum Gasteiger partial charge on any atom is -0.768 e. The zero-order valence-corrected chi connectivity index (χ0v) is 15.9. The summed E-state index contributed by atoms with van der Waals surface area (Å²) >= 11 is -2.44. The first kappa shape index (κ1) is 19.5. The number of hydrogen-bond acceptors (Lipinski definition) is 5. The van der Waals surface area contributed by atoms with Crippen LogP contribution in [0.5, 0.6) is 6.01 Å². The van der Waals surface area contributed by atoms with E-state index in [9.17, 15) is 21.9 Å². The molecule has 152 valence electrons. The summed E-state index contributed by atoms with van der Waals surface area (Å²) in [4.78, 5) is 4.48. The Morgan fingerprint density at radius 3 is 2.59 bits per heavy atom. The summed E-state index contributed by atoms with van der Waals surface area (Å²) in [6.45, 7) is 2.53. The van der Waals surface area contributed by atoms with Crippen LogP contribution in [-0.4, -0.2) is 24.4 Å². The second-order valence-electron chi connectivity index (χ2n) is 6.63. The first-order valence-corrected chi connectivity index (χ1v) is 9.70. The number of ether oxygens (including phenoxy) is 1. The van der Waals surface area contributed by atoms with Crippen LogP contribution in [-0.2, 0) is 23.8 Å². The summed E-state index contributed by atoms with van der Waals surface area (Å²) in [6, 6.07) is 9.41. The Hall–Kier alpha value is -2.85. The van der Waals surface area contributed by atoms with Crippen molar-refractivity contribution in [3.63, 3.8) is 0 Å². The van der Waals surface area contributed by atoms with Crippen LogP contribution in [0.3, 0.4) is 0 Å². The summed E-state index contributed by atoms with van der Waals surface area (Å²) in [7, 11) is 0. The minimum absolute atomic E-state index is 0.00299. The Kier molecular flexibility index (Phi) is 4.83. The highest BCUT2D eigenvalue weighted by Crippen LogP contribution is 2.35. The van der Waals surface area contributed by atoms with Gasteiger partial charge in [0.05, 0.1) is 17.8 Å². The van der Waals surface area contributed by atoms with E-state index in [-0.39, 0.29) is 11.0 Å². The number of hydrogen-bond donors (Lipinski definition) is 1. The number of fused-ring (bicyclic) bond motifs is 1. The standard InChI is InChI=1S/C19H16F3N3O3S/c1-11-9-25-10-17(24-18(25)28-11)15-8-14(29(26)27)6-7-16(15)23-13-4-2-12(3-5-13)19(20,21)22/h2-8,10-11,23H,9H2,1H3,(H,26,27)/p-1/t11-/m1/s1. The molecule has 0 fully saturated rings. The molecule has 1 unspecified atom stereocenters. The molecular weight excluding hydrogens is 407 g/mol. The van der Waals surface area contributed by atoms with Crippen molar-refractivity contribution in [3.8, 4) is 17.3 Å². The van der Waals surface area contributed by atoms with Gasteiger partial charge in [0.2, 0.25) is 0 Å². The van der Waals surface area contributed by atoms with Crippen molar-refractivity contribution in [2.75, 3.05) is 5.32 Å². The molecule has 4 rings (SSSR count). The van der Waals surface area contributed by atoms with Crippen molar-refractivity contribution in [2.24, 2.45) is 0 Å². The van der Waals surface area contributed by atoms with Gasteiger partial charge in [0, 0.05) is 28.0 Å². The van der Waals surface area contributed by atoms with E-state index in [1.54, 1.807) is 12.3 Å². The number of halogens is 3. The number of anilines is 2. The zero-order valence-electron chi connectivity index (χ0n) is 15.1. The lowest BCUT2D eigenvalue weighted by atomic mass is 10.1. The summed E-state index contributed by atoms with van der Waals surface area (Å²) < 4.78 is 68.5. The van der Waals surface area contributed by atoms with Crippen molar-refractivity contribution in [2.45, 2.75) is 30.6 Å². The number of aromatic nitrogens is 2. The molecule has 1 aliphatic rings. The van der Waals surface area contributed by atoms with Crippen LogP contribution in [0.15, 0.2) is 53.6 Å². The number of rotatable bonds is 4. The zero-order chi connectivity index (χ0) is 20.8. The lowest BCUT2D eigenvalue weighted by Crippen LogP contribution is -2.08. The van der Waals surface area contributed by atoms with Crippen LogP contribution in [0.2, 0.25) is 0 Å². The molecule has 3 aromatic rings. The topological polar surface area (TPSA) is 79.2 Å². The van der Waals surface area contributed by atoms with Gasteiger partial charge < -0.3 is 14.6 Å². The van der Waals surface area contributed by atoms with Gasteiger partial charge in [0.15, 0.2) is 0 Å². The lowest BCUT2D eigenvalue weighted by Gasteiger charge is -2.15. The molecule has 0 saturated carbocycles. The Morgan fingerprint density at radius 1 is 1.24 bits per heavy atom. The largest absolute Gasteiger partial charge is 0.768 e. The van der Waals surface area contributed by atoms with Crippen molar-refractivity contribution in [1.29, 1.82) is 0 Å². The van der Waals surface area contributed by atoms with Gasteiger partial charge in [-0.25, -0.2) is 0 Å². The van der Waals surface area contributed by atoms with Gasteiger partial charge >= 0.3 is 6.18 Å². The fraction of sp³-hybridized carbons (Fsp3) is 0.211. The summed E-state index contributed by atoms with van der Waals surface area (Å²) in [6.07, 6.45) is -2.67. The number of alkyl halides is 3. The molecule has 0 aliphatic carbocycles. The van der Waals surface area contributed by atoms with Gasteiger partial charge in [-0.1, -0.05) is 0 Å². The normalized spacial score (nSPS) is 16.9. The van der Waals surface area contributed by atoms with Gasteiger partial charge in [0.1, 0.15) is 6.10 Å². The van der Waals surface area contributed by atoms with Crippen molar-refractivity contribution >= 4 is 22.5 Å². The molecule has 10 heteroatoms. The molecule has 1 aliphatic heterocycles. The van der Waals surface area contributed by atoms with Crippen LogP contribution in [0.4, 0.5) is 24.5 Å². The van der Waals surface area contributed by atoms with Gasteiger partial charge in [-0.3, -0.25) is 8.78 Å². The SMILES string of the molecule is C[C@@H]1Cn2cc(-c3cc(S(=O)[O-])ccc3Nc3ccc(C(F)(F)F)cc3)nc2O1. The van der Waals surface area contributed by atoms with Gasteiger partial charge in [-0.05, 0) is 60.5 Å². The van der Waals surface area contributed by atoms with Gasteiger partial charge in [-0.15, -0.1) is 0 Å². The third-order valence-electron chi connectivity index (χ3n) is 4.45. The smallest absolute Gasteiger partial charge is 0.416 e. The molecule has 1 aromatic heterocycles. The molecule has 29 heavy (non-hydrogen) atoms. The first-order chi connectivity index (χ1) is 13.7. The van der Waals surface area contributed by atoms with E-state index >= 15 is 0 Å². The van der Waals surface area contributed by atoms with Crippen LogP contribution in [0.1, 0.15) is 12.5 Å². The summed E-state index contributed by atoms with van der Waals surface area (Å²) in [5.74, 6) is 0. The Bertz CT molecular complexity index is 1060. The second-order valence-corrected chi connectivity index (χ2v) is 7.57. The van der Waals surface area contributed by atoms with Crippen LogP contribution < -0.4 is 10.1 Å². The average molecular weight is 422 g/mol. The van der Waals surface area contributed by atoms with E-state index in [0.29, 0.717) is 35.2 Å². The number of imidazole rings is 1. The number of nitrogens with one attached hydrogen (secondary N) is 1. The molecule has 0 bridgehead atoms. The maximum atomic E-state index is 12.8.